The summed E-state index contributed by atoms with van der Waals surface area (Å²) in [5, 5.41) is 3.46. The molecule has 3 aromatic rings. The maximum Gasteiger partial charge on any atom is 0.262 e. The minimum atomic E-state index is -0.261. The molecule has 0 unspecified atom stereocenters. The van der Waals surface area contributed by atoms with E-state index in [0.717, 1.165) is 23.2 Å². The van der Waals surface area contributed by atoms with Gasteiger partial charge in [-0.15, -0.1) is 0 Å². The highest BCUT2D eigenvalue weighted by Gasteiger charge is 2.26. The summed E-state index contributed by atoms with van der Waals surface area (Å²) in [5.41, 5.74) is 3.91. The molecule has 4 rings (SSSR count). The number of carbonyl (C=O) groups excluding carboxylic acids is 2. The lowest BCUT2D eigenvalue weighted by molar-refractivity contribution is -0.118. The van der Waals surface area contributed by atoms with E-state index in [9.17, 15) is 9.59 Å². The van der Waals surface area contributed by atoms with E-state index < -0.39 is 0 Å². The van der Waals surface area contributed by atoms with E-state index in [0.29, 0.717) is 28.6 Å². The molecule has 1 aliphatic heterocycles. The average molecular weight is 411 g/mol. The zero-order chi connectivity index (χ0) is 20.4. The van der Waals surface area contributed by atoms with Gasteiger partial charge in [0, 0.05) is 22.9 Å². The molecule has 7 heteroatoms. The minimum absolute atomic E-state index is 0.0963. The molecular weight excluding hydrogens is 392 g/mol. The Balaban J connectivity index is 1.39. The zero-order valence-corrected chi connectivity index (χ0v) is 16.5. The van der Waals surface area contributed by atoms with Crippen LogP contribution < -0.4 is 15.0 Å². The van der Waals surface area contributed by atoms with Gasteiger partial charge in [-0.05, 0) is 66.9 Å². The van der Waals surface area contributed by atoms with Crippen molar-refractivity contribution in [3.63, 3.8) is 0 Å². The summed E-state index contributed by atoms with van der Waals surface area (Å²) < 4.78 is 10.6. The Kier molecular flexibility index (Phi) is 5.27. The number of carbonyl (C=O) groups is 2. The van der Waals surface area contributed by atoms with Gasteiger partial charge in [0.25, 0.3) is 11.8 Å². The molecule has 1 aromatic heterocycles. The van der Waals surface area contributed by atoms with Gasteiger partial charge in [-0.1, -0.05) is 11.6 Å². The molecule has 0 atom stereocenters. The number of nitrogens with zero attached hydrogens (tertiary/aromatic N) is 1. The molecule has 0 aliphatic carbocycles. The number of anilines is 2. The third kappa shape index (κ3) is 4.12. The Hall–Kier alpha value is -3.25. The number of benzene rings is 2. The van der Waals surface area contributed by atoms with Crippen molar-refractivity contribution in [3.8, 4) is 5.75 Å². The molecule has 0 fully saturated rings. The molecule has 148 valence electrons. The second-order valence-electron chi connectivity index (χ2n) is 6.81. The number of hydrogen-bond donors (Lipinski definition) is 1. The van der Waals surface area contributed by atoms with Gasteiger partial charge in [0.05, 0.1) is 11.8 Å². The van der Waals surface area contributed by atoms with Gasteiger partial charge in [-0.2, -0.15) is 0 Å². The fraction of sp³-hybridized carbons (Fsp3) is 0.182. The zero-order valence-electron chi connectivity index (χ0n) is 15.8. The van der Waals surface area contributed by atoms with Crippen molar-refractivity contribution in [2.24, 2.45) is 0 Å². The van der Waals surface area contributed by atoms with Crippen molar-refractivity contribution in [1.29, 1.82) is 0 Å². The van der Waals surface area contributed by atoms with Crippen molar-refractivity contribution < 1.29 is 18.7 Å². The molecule has 6 nitrogen and oxygen atoms in total. The first-order valence-electron chi connectivity index (χ1n) is 9.17. The predicted octanol–water partition coefficient (Wildman–Crippen LogP) is 4.46. The number of amides is 2. The van der Waals surface area contributed by atoms with Crippen LogP contribution in [0.5, 0.6) is 5.75 Å². The Bertz CT molecular complexity index is 1060. The Morgan fingerprint density at radius 1 is 1.21 bits per heavy atom. The number of aryl methyl sites for hydroxylation is 1. The van der Waals surface area contributed by atoms with Gasteiger partial charge in [0.15, 0.2) is 6.61 Å². The molecule has 1 N–H and O–H groups in total. The van der Waals surface area contributed by atoms with Crippen molar-refractivity contribution in [3.05, 3.63) is 76.7 Å². The summed E-state index contributed by atoms with van der Waals surface area (Å²) in [7, 11) is 0. The summed E-state index contributed by atoms with van der Waals surface area (Å²) >= 11 is 5.93. The Morgan fingerprint density at radius 3 is 2.83 bits per heavy atom. The van der Waals surface area contributed by atoms with Crippen LogP contribution in [-0.4, -0.2) is 25.0 Å². The normalized spacial score (nSPS) is 12.6. The molecule has 0 saturated heterocycles. The third-order valence-corrected chi connectivity index (χ3v) is 5.00. The second kappa shape index (κ2) is 8.01. The number of furan rings is 1. The van der Waals surface area contributed by atoms with Crippen molar-refractivity contribution in [1.82, 2.24) is 0 Å². The lowest BCUT2D eigenvalue weighted by Crippen LogP contribution is -2.28. The molecule has 1 aliphatic rings. The lowest BCUT2D eigenvalue weighted by Gasteiger charge is -2.16. The first kappa shape index (κ1) is 19.1. The van der Waals surface area contributed by atoms with Crippen molar-refractivity contribution >= 4 is 34.8 Å². The fourth-order valence-corrected chi connectivity index (χ4v) is 3.57. The maximum atomic E-state index is 12.6. The van der Waals surface area contributed by atoms with Crippen LogP contribution in [0, 0.1) is 6.92 Å². The van der Waals surface area contributed by atoms with Gasteiger partial charge in [0.1, 0.15) is 12.0 Å². The number of rotatable bonds is 5. The van der Waals surface area contributed by atoms with Crippen LogP contribution in [0.4, 0.5) is 11.4 Å². The SMILES string of the molecule is Cc1cc(Cl)ccc1OCC(=O)Nc1ccc2c(c1)CCN2C(=O)c1ccoc1. The largest absolute Gasteiger partial charge is 0.483 e. The topological polar surface area (TPSA) is 71.8 Å². The quantitative estimate of drug-likeness (QED) is 0.674. The monoisotopic (exact) mass is 410 g/mol. The van der Waals surface area contributed by atoms with E-state index in [-0.39, 0.29) is 18.4 Å². The Labute approximate surface area is 173 Å². The van der Waals surface area contributed by atoms with Gasteiger partial charge in [0.2, 0.25) is 0 Å². The molecular formula is C22H19ClN2O4. The fourth-order valence-electron chi connectivity index (χ4n) is 3.35. The first-order chi connectivity index (χ1) is 14.0. The van der Waals surface area contributed by atoms with E-state index in [2.05, 4.69) is 5.32 Å². The van der Waals surface area contributed by atoms with Crippen LogP contribution in [0.15, 0.2) is 59.4 Å². The van der Waals surface area contributed by atoms with E-state index in [1.165, 1.54) is 12.5 Å². The van der Waals surface area contributed by atoms with E-state index in [1.807, 2.05) is 19.1 Å². The number of halogens is 1. The van der Waals surface area contributed by atoms with Gasteiger partial charge in [-0.3, -0.25) is 9.59 Å². The summed E-state index contributed by atoms with van der Waals surface area (Å²) in [4.78, 5) is 26.5. The number of ether oxygens (including phenoxy) is 1. The second-order valence-corrected chi connectivity index (χ2v) is 7.25. The highest BCUT2D eigenvalue weighted by atomic mass is 35.5. The van der Waals surface area contributed by atoms with Crippen LogP contribution in [-0.2, 0) is 11.2 Å². The van der Waals surface area contributed by atoms with Gasteiger partial charge >= 0.3 is 0 Å². The molecule has 29 heavy (non-hydrogen) atoms. The van der Waals surface area contributed by atoms with Gasteiger partial charge < -0.3 is 19.4 Å². The highest BCUT2D eigenvalue weighted by Crippen LogP contribution is 2.31. The minimum Gasteiger partial charge on any atom is -0.483 e. The van der Waals surface area contributed by atoms with Gasteiger partial charge in [-0.25, -0.2) is 0 Å². The average Bonchev–Trinajstić information content (AvgIpc) is 3.36. The van der Waals surface area contributed by atoms with Crippen LogP contribution in [0.2, 0.25) is 5.02 Å². The van der Waals surface area contributed by atoms with Crippen molar-refractivity contribution in [2.75, 3.05) is 23.4 Å². The van der Waals surface area contributed by atoms with Crippen LogP contribution in [0.3, 0.4) is 0 Å². The van der Waals surface area contributed by atoms with E-state index in [4.69, 9.17) is 20.8 Å². The molecule has 2 heterocycles. The molecule has 2 amide bonds. The maximum absolute atomic E-state index is 12.6. The standard InChI is InChI=1S/C22H19ClN2O4/c1-14-10-17(23)2-5-20(14)29-13-21(26)24-18-3-4-19-15(11-18)6-8-25(19)22(27)16-7-9-28-12-16/h2-5,7,9-12H,6,8,13H2,1H3,(H,24,26). The molecule has 0 bridgehead atoms. The first-order valence-corrected chi connectivity index (χ1v) is 9.55. The Morgan fingerprint density at radius 2 is 2.07 bits per heavy atom. The van der Waals surface area contributed by atoms with Crippen LogP contribution in [0.25, 0.3) is 0 Å². The third-order valence-electron chi connectivity index (χ3n) is 4.77. The summed E-state index contributed by atoms with van der Waals surface area (Å²) in [6, 6.07) is 12.4. The van der Waals surface area contributed by atoms with E-state index in [1.54, 1.807) is 35.2 Å². The van der Waals surface area contributed by atoms with Crippen LogP contribution >= 0.6 is 11.6 Å². The summed E-state index contributed by atoms with van der Waals surface area (Å²) in [5.74, 6) is 0.261. The molecule has 0 radical (unpaired) electrons. The number of hydrogen-bond acceptors (Lipinski definition) is 4. The lowest BCUT2D eigenvalue weighted by atomic mass is 10.1. The molecule has 0 spiro atoms. The number of nitrogens with one attached hydrogen (secondary N) is 1. The highest BCUT2D eigenvalue weighted by molar-refractivity contribution is 6.30. The van der Waals surface area contributed by atoms with Crippen molar-refractivity contribution in [2.45, 2.75) is 13.3 Å². The summed E-state index contributed by atoms with van der Waals surface area (Å²) in [6.45, 7) is 2.36. The molecule has 2 aromatic carbocycles. The smallest absolute Gasteiger partial charge is 0.262 e. The van der Waals surface area contributed by atoms with Crippen LogP contribution in [0.1, 0.15) is 21.5 Å². The van der Waals surface area contributed by atoms with E-state index >= 15 is 0 Å². The number of fused-ring (bicyclic) bond motifs is 1. The molecule has 0 saturated carbocycles. The predicted molar refractivity (Wildman–Crippen MR) is 111 cm³/mol. The summed E-state index contributed by atoms with van der Waals surface area (Å²) in [6.07, 6.45) is 3.65.